The summed E-state index contributed by atoms with van der Waals surface area (Å²) in [7, 11) is 0. The highest BCUT2D eigenvalue weighted by Gasteiger charge is 2.59. The number of aromatic nitrogens is 1. The molecule has 0 unspecified atom stereocenters. The first-order chi connectivity index (χ1) is 15.9. The van der Waals surface area contributed by atoms with Crippen molar-refractivity contribution in [1.29, 1.82) is 0 Å². The van der Waals surface area contributed by atoms with Crippen LogP contribution >= 0.6 is 23.2 Å². The second kappa shape index (κ2) is 7.57. The predicted molar refractivity (Wildman–Crippen MR) is 129 cm³/mol. The van der Waals surface area contributed by atoms with Crippen molar-refractivity contribution >= 4 is 52.1 Å². The fraction of sp³-hybridized carbons (Fsp3) is 0.269. The van der Waals surface area contributed by atoms with Gasteiger partial charge in [0.05, 0.1) is 28.1 Å². The normalized spacial score (nSPS) is 25.8. The minimum Gasteiger partial charge on any atom is -0.340 e. The molecule has 4 atom stereocenters. The van der Waals surface area contributed by atoms with Gasteiger partial charge in [-0.15, -0.1) is 0 Å². The summed E-state index contributed by atoms with van der Waals surface area (Å²) in [5.74, 6) is -0.493. The number of hydrazone groups is 1. The topological polar surface area (TPSA) is 54.7 Å². The summed E-state index contributed by atoms with van der Waals surface area (Å²) >= 11 is 12.3. The molecule has 166 valence electrons. The van der Waals surface area contributed by atoms with Crippen LogP contribution in [-0.4, -0.2) is 27.6 Å². The van der Waals surface area contributed by atoms with E-state index in [1.165, 1.54) is 0 Å². The number of para-hydroxylation sites is 1. The number of rotatable bonds is 4. The van der Waals surface area contributed by atoms with Crippen molar-refractivity contribution in [3.05, 3.63) is 81.5 Å². The van der Waals surface area contributed by atoms with Gasteiger partial charge in [-0.3, -0.25) is 9.59 Å². The molecule has 1 aromatic heterocycles. The highest BCUT2D eigenvalue weighted by atomic mass is 35.5. The highest BCUT2D eigenvalue weighted by Crippen LogP contribution is 2.52. The molecule has 1 aliphatic heterocycles. The summed E-state index contributed by atoms with van der Waals surface area (Å²) in [6.45, 7) is 2.63. The molecule has 2 aliphatic carbocycles. The number of halogens is 2. The molecule has 1 saturated heterocycles. The third-order valence-electron chi connectivity index (χ3n) is 7.35. The summed E-state index contributed by atoms with van der Waals surface area (Å²) in [6, 6.07) is 13.7. The van der Waals surface area contributed by atoms with Crippen LogP contribution in [-0.2, 0) is 16.1 Å². The van der Waals surface area contributed by atoms with Crippen LogP contribution in [0.1, 0.15) is 23.2 Å². The van der Waals surface area contributed by atoms with E-state index in [1.54, 1.807) is 12.3 Å². The molecule has 2 heterocycles. The van der Waals surface area contributed by atoms with Gasteiger partial charge in [-0.05, 0) is 48.9 Å². The van der Waals surface area contributed by atoms with Crippen LogP contribution in [0.3, 0.4) is 0 Å². The number of carbonyl (C=O) groups is 2. The Morgan fingerprint density at radius 3 is 2.39 bits per heavy atom. The molecule has 7 heteroatoms. The monoisotopic (exact) mass is 477 g/mol. The fourth-order valence-corrected chi connectivity index (χ4v) is 6.08. The van der Waals surface area contributed by atoms with E-state index in [0.717, 1.165) is 39.2 Å². The molecule has 3 aromatic rings. The number of amides is 2. The first-order valence-electron chi connectivity index (χ1n) is 11.1. The van der Waals surface area contributed by atoms with Gasteiger partial charge in [0, 0.05) is 28.7 Å². The van der Waals surface area contributed by atoms with Gasteiger partial charge in [0.15, 0.2) is 0 Å². The summed E-state index contributed by atoms with van der Waals surface area (Å²) in [6.07, 6.45) is 6.75. The minimum absolute atomic E-state index is 0.171. The van der Waals surface area contributed by atoms with E-state index in [0.29, 0.717) is 16.6 Å². The molecule has 33 heavy (non-hydrogen) atoms. The quantitative estimate of drug-likeness (QED) is 0.285. The van der Waals surface area contributed by atoms with E-state index in [4.69, 9.17) is 23.2 Å². The zero-order valence-corrected chi connectivity index (χ0v) is 19.4. The van der Waals surface area contributed by atoms with Crippen LogP contribution in [0.25, 0.3) is 10.9 Å². The summed E-state index contributed by atoms with van der Waals surface area (Å²) < 4.78 is 2.18. The Bertz CT molecular complexity index is 1360. The number of nitrogens with zero attached hydrogens (tertiary/aromatic N) is 3. The Kier molecular flexibility index (Phi) is 4.75. The lowest BCUT2D eigenvalue weighted by Gasteiger charge is -2.13. The second-order valence-corrected chi connectivity index (χ2v) is 9.90. The third kappa shape index (κ3) is 3.10. The maximum atomic E-state index is 13.0. The lowest BCUT2D eigenvalue weighted by Crippen LogP contribution is -2.28. The van der Waals surface area contributed by atoms with Crippen LogP contribution in [0, 0.1) is 30.6 Å². The second-order valence-electron chi connectivity index (χ2n) is 9.08. The zero-order chi connectivity index (χ0) is 22.9. The van der Waals surface area contributed by atoms with Gasteiger partial charge in [-0.2, -0.15) is 10.1 Å². The zero-order valence-electron chi connectivity index (χ0n) is 17.9. The van der Waals surface area contributed by atoms with Crippen LogP contribution < -0.4 is 0 Å². The number of fused-ring (bicyclic) bond motifs is 6. The van der Waals surface area contributed by atoms with Gasteiger partial charge in [0.25, 0.3) is 11.8 Å². The van der Waals surface area contributed by atoms with Gasteiger partial charge in [-0.25, -0.2) is 0 Å². The first kappa shape index (κ1) is 20.7. The molecule has 5 nitrogen and oxygen atoms in total. The Balaban J connectivity index is 1.36. The maximum Gasteiger partial charge on any atom is 0.254 e. The molecule has 0 spiro atoms. The van der Waals surface area contributed by atoms with Crippen molar-refractivity contribution in [1.82, 2.24) is 9.58 Å². The number of hydrogen-bond donors (Lipinski definition) is 0. The summed E-state index contributed by atoms with van der Waals surface area (Å²) in [4.78, 5) is 26.0. The number of allylic oxidation sites excluding steroid dienone is 2. The van der Waals surface area contributed by atoms with Gasteiger partial charge in [0.1, 0.15) is 0 Å². The molecule has 0 N–H and O–H groups in total. The Morgan fingerprint density at radius 1 is 1.00 bits per heavy atom. The summed E-state index contributed by atoms with van der Waals surface area (Å²) in [5.41, 5.74) is 3.95. The largest absolute Gasteiger partial charge is 0.340 e. The van der Waals surface area contributed by atoms with Crippen LogP contribution in [0.15, 0.2) is 59.7 Å². The Morgan fingerprint density at radius 2 is 1.70 bits per heavy atom. The van der Waals surface area contributed by atoms with Crippen molar-refractivity contribution in [2.45, 2.75) is 19.9 Å². The van der Waals surface area contributed by atoms with Gasteiger partial charge >= 0.3 is 0 Å². The average Bonchev–Trinajstić information content (AvgIpc) is 3.54. The first-order valence-corrected chi connectivity index (χ1v) is 11.8. The molecule has 6 rings (SSSR count). The molecular formula is C26H21Cl2N3O2. The highest BCUT2D eigenvalue weighted by molar-refractivity contribution is 6.42. The average molecular weight is 478 g/mol. The van der Waals surface area contributed by atoms with Crippen molar-refractivity contribution in [3.63, 3.8) is 0 Å². The van der Waals surface area contributed by atoms with Crippen molar-refractivity contribution in [3.8, 4) is 0 Å². The maximum absolute atomic E-state index is 13.0. The molecule has 2 amide bonds. The number of benzene rings is 2. The molecular weight excluding hydrogens is 457 g/mol. The standard InChI is InChI=1S/C26H21Cl2N3O2/c1-14-19(12-29-31-25(32)23-16-7-8-17(11-16)24(23)26(31)33)18-4-2-3-5-22(18)30(14)13-15-6-9-20(27)21(28)10-15/h2-10,12,16-17,23-24H,11,13H2,1H3/b29-12-/t16-,17-,23-,24+/m0/s1. The lowest BCUT2D eigenvalue weighted by molar-refractivity contribution is -0.140. The summed E-state index contributed by atoms with van der Waals surface area (Å²) in [5, 5.41) is 7.58. The fourth-order valence-electron chi connectivity index (χ4n) is 5.76. The third-order valence-corrected chi connectivity index (χ3v) is 8.09. The Hall–Kier alpha value is -2.89. The SMILES string of the molecule is Cc1c(/C=N\N2C(=O)[C@@H]3[C@H](C2=O)[C@H]2C=C[C@H]3C2)c2ccccc2n1Cc1ccc(Cl)c(Cl)c1. The Labute approximate surface area is 201 Å². The van der Waals surface area contributed by atoms with Crippen LogP contribution in [0.2, 0.25) is 10.0 Å². The number of hydrogen-bond acceptors (Lipinski definition) is 3. The van der Waals surface area contributed by atoms with E-state index >= 15 is 0 Å². The van der Waals surface area contributed by atoms with E-state index in [9.17, 15) is 9.59 Å². The van der Waals surface area contributed by atoms with Crippen molar-refractivity contribution < 1.29 is 9.59 Å². The number of imide groups is 1. The van der Waals surface area contributed by atoms with Gasteiger partial charge < -0.3 is 4.57 Å². The van der Waals surface area contributed by atoms with Crippen molar-refractivity contribution in [2.24, 2.45) is 28.8 Å². The lowest BCUT2D eigenvalue weighted by atomic mass is 9.85. The molecule has 2 aromatic carbocycles. The molecule has 3 aliphatic rings. The van der Waals surface area contributed by atoms with Gasteiger partial charge in [-0.1, -0.05) is 59.6 Å². The number of carbonyl (C=O) groups excluding carboxylic acids is 2. The smallest absolute Gasteiger partial charge is 0.254 e. The van der Waals surface area contributed by atoms with Crippen LogP contribution in [0.4, 0.5) is 0 Å². The van der Waals surface area contributed by atoms with E-state index in [2.05, 4.69) is 27.9 Å². The van der Waals surface area contributed by atoms with Gasteiger partial charge in [0.2, 0.25) is 0 Å². The van der Waals surface area contributed by atoms with Crippen LogP contribution in [0.5, 0.6) is 0 Å². The molecule has 1 saturated carbocycles. The van der Waals surface area contributed by atoms with Crippen molar-refractivity contribution in [2.75, 3.05) is 0 Å². The minimum atomic E-state index is -0.248. The predicted octanol–water partition coefficient (Wildman–Crippen LogP) is 5.45. The van der Waals surface area contributed by atoms with E-state index in [-0.39, 0.29) is 35.5 Å². The van der Waals surface area contributed by atoms with E-state index < -0.39 is 0 Å². The molecule has 2 fully saturated rings. The molecule has 0 radical (unpaired) electrons. The van der Waals surface area contributed by atoms with E-state index in [1.807, 2.05) is 37.3 Å². The molecule has 2 bridgehead atoms.